The summed E-state index contributed by atoms with van der Waals surface area (Å²) in [5, 5.41) is 3.67. The fourth-order valence-electron chi connectivity index (χ4n) is 3.00. The van der Waals surface area contributed by atoms with Crippen LogP contribution in [0.4, 0.5) is 5.69 Å². The fourth-order valence-corrected chi connectivity index (χ4v) is 3.00. The number of amides is 1. The van der Waals surface area contributed by atoms with Gasteiger partial charge in [0.15, 0.2) is 0 Å². The number of anilines is 1. The number of rotatable bonds is 5. The minimum atomic E-state index is -0.870. The van der Waals surface area contributed by atoms with E-state index in [-0.39, 0.29) is 5.91 Å². The highest BCUT2D eigenvalue weighted by Gasteiger charge is 2.23. The van der Waals surface area contributed by atoms with E-state index in [1.807, 2.05) is 61.5 Å². The van der Waals surface area contributed by atoms with Gasteiger partial charge in [-0.2, -0.15) is 0 Å². The lowest BCUT2D eigenvalue weighted by Gasteiger charge is -2.19. The summed E-state index contributed by atoms with van der Waals surface area (Å²) in [6, 6.07) is 25.0. The smallest absolute Gasteiger partial charge is 0.336 e. The zero-order valence-electron chi connectivity index (χ0n) is 15.8. The van der Waals surface area contributed by atoms with Crippen molar-refractivity contribution >= 4 is 22.6 Å². The molecule has 0 radical (unpaired) electrons. The van der Waals surface area contributed by atoms with Gasteiger partial charge in [0.1, 0.15) is 11.3 Å². The molecule has 1 aromatic heterocycles. The minimum Gasteiger partial charge on any atom is -0.476 e. The zero-order valence-corrected chi connectivity index (χ0v) is 15.8. The van der Waals surface area contributed by atoms with E-state index in [1.54, 1.807) is 24.3 Å². The molecule has 1 amide bonds. The number of fused-ring (bicyclic) bond motifs is 1. The number of hydrogen-bond acceptors (Lipinski definition) is 4. The Balaban J connectivity index is 1.64. The molecule has 144 valence electrons. The number of nitrogens with one attached hydrogen (secondary N) is 1. The summed E-state index contributed by atoms with van der Waals surface area (Å²) in [5.41, 5.74) is 2.48. The topological polar surface area (TPSA) is 68.5 Å². The molecule has 5 heteroatoms. The first-order valence-electron chi connectivity index (χ1n) is 9.21. The van der Waals surface area contributed by atoms with Crippen molar-refractivity contribution in [3.8, 4) is 5.75 Å². The third kappa shape index (κ3) is 4.35. The molecule has 0 saturated carbocycles. The molecule has 1 N–H and O–H groups in total. The second-order valence-electron chi connectivity index (χ2n) is 6.72. The van der Waals surface area contributed by atoms with Gasteiger partial charge >= 0.3 is 5.63 Å². The van der Waals surface area contributed by atoms with E-state index < -0.39 is 11.7 Å². The maximum Gasteiger partial charge on any atom is 0.336 e. The molecule has 29 heavy (non-hydrogen) atoms. The van der Waals surface area contributed by atoms with Crippen molar-refractivity contribution in [3.63, 3.8) is 0 Å². The zero-order chi connectivity index (χ0) is 20.2. The third-order valence-electron chi connectivity index (χ3n) is 4.51. The van der Waals surface area contributed by atoms with Gasteiger partial charge in [-0.1, -0.05) is 48.0 Å². The number of hydrogen-bond donors (Lipinski definition) is 1. The van der Waals surface area contributed by atoms with Crippen LogP contribution in [0.15, 0.2) is 94.1 Å². The summed E-state index contributed by atoms with van der Waals surface area (Å²) in [5.74, 6) is 0.134. The Bertz CT molecular complexity index is 1200. The highest BCUT2D eigenvalue weighted by Crippen LogP contribution is 2.26. The fraction of sp³-hybridized carbons (Fsp3) is 0.0833. The monoisotopic (exact) mass is 385 g/mol. The summed E-state index contributed by atoms with van der Waals surface area (Å²) in [6.45, 7) is 1.99. The number of benzene rings is 3. The average molecular weight is 385 g/mol. The Morgan fingerprint density at radius 2 is 1.66 bits per heavy atom. The van der Waals surface area contributed by atoms with Gasteiger partial charge < -0.3 is 14.5 Å². The summed E-state index contributed by atoms with van der Waals surface area (Å²) >= 11 is 0. The van der Waals surface area contributed by atoms with Crippen molar-refractivity contribution in [3.05, 3.63) is 106 Å². The molecule has 4 rings (SSSR count). The van der Waals surface area contributed by atoms with E-state index in [0.29, 0.717) is 22.6 Å². The van der Waals surface area contributed by atoms with Crippen molar-refractivity contribution < 1.29 is 13.9 Å². The van der Waals surface area contributed by atoms with Crippen molar-refractivity contribution in [2.24, 2.45) is 0 Å². The van der Waals surface area contributed by atoms with Crippen LogP contribution < -0.4 is 15.7 Å². The van der Waals surface area contributed by atoms with E-state index in [0.717, 1.165) is 10.9 Å². The Morgan fingerprint density at radius 3 is 2.41 bits per heavy atom. The first kappa shape index (κ1) is 18.5. The molecule has 0 aliphatic heterocycles. The second kappa shape index (κ2) is 8.02. The van der Waals surface area contributed by atoms with E-state index >= 15 is 0 Å². The van der Waals surface area contributed by atoms with Crippen molar-refractivity contribution in [1.29, 1.82) is 0 Å². The van der Waals surface area contributed by atoms with Crippen molar-refractivity contribution in [1.82, 2.24) is 0 Å². The molecule has 1 atom stereocenters. The predicted molar refractivity (Wildman–Crippen MR) is 112 cm³/mol. The Labute approximate surface area is 167 Å². The van der Waals surface area contributed by atoms with Crippen LogP contribution in [0, 0.1) is 6.92 Å². The first-order chi connectivity index (χ1) is 14.1. The van der Waals surface area contributed by atoms with Gasteiger partial charge in [-0.25, -0.2) is 4.79 Å². The van der Waals surface area contributed by atoms with E-state index in [2.05, 4.69) is 5.32 Å². The molecule has 0 fully saturated rings. The van der Waals surface area contributed by atoms with E-state index in [1.165, 1.54) is 6.07 Å². The number of aryl methyl sites for hydroxylation is 1. The Kier molecular flexibility index (Phi) is 5.12. The lowest BCUT2D eigenvalue weighted by Crippen LogP contribution is -2.25. The van der Waals surface area contributed by atoms with Crippen LogP contribution in [0.25, 0.3) is 11.0 Å². The maximum absolute atomic E-state index is 13.0. The molecular weight excluding hydrogens is 366 g/mol. The SMILES string of the molecule is Cc1ccc(NC(=O)C(Oc2ccc3ccc(=O)oc3c2)c2ccccc2)cc1. The average Bonchev–Trinajstić information content (AvgIpc) is 2.74. The van der Waals surface area contributed by atoms with Crippen LogP contribution in [0.1, 0.15) is 17.2 Å². The number of carbonyl (C=O) groups is 1. The van der Waals surface area contributed by atoms with Gasteiger partial charge in [-0.05, 0) is 37.3 Å². The van der Waals surface area contributed by atoms with Crippen LogP contribution in [0.2, 0.25) is 0 Å². The lowest BCUT2D eigenvalue weighted by atomic mass is 10.1. The molecule has 0 aliphatic rings. The van der Waals surface area contributed by atoms with Crippen LogP contribution in [-0.4, -0.2) is 5.91 Å². The van der Waals surface area contributed by atoms with Crippen LogP contribution >= 0.6 is 0 Å². The van der Waals surface area contributed by atoms with Gasteiger partial charge in [0.05, 0.1) is 0 Å². The van der Waals surface area contributed by atoms with E-state index in [9.17, 15) is 9.59 Å². The normalized spacial score (nSPS) is 11.8. The molecule has 0 saturated heterocycles. The standard InChI is InChI=1S/C24H19NO4/c1-16-7-11-19(12-8-16)25-24(27)23(18-5-3-2-4-6-18)28-20-13-9-17-10-14-22(26)29-21(17)15-20/h2-15,23H,1H3,(H,25,27). The molecule has 0 bridgehead atoms. The molecule has 1 unspecified atom stereocenters. The quantitative estimate of drug-likeness (QED) is 0.498. The van der Waals surface area contributed by atoms with Gasteiger partial charge in [0, 0.05) is 28.8 Å². The van der Waals surface area contributed by atoms with E-state index in [4.69, 9.17) is 9.15 Å². The van der Waals surface area contributed by atoms with Crippen molar-refractivity contribution in [2.45, 2.75) is 13.0 Å². The second-order valence-corrected chi connectivity index (χ2v) is 6.72. The molecular formula is C24H19NO4. The number of carbonyl (C=O) groups excluding carboxylic acids is 1. The van der Waals surface area contributed by atoms with Gasteiger partial charge in [0.25, 0.3) is 5.91 Å². The van der Waals surface area contributed by atoms with Gasteiger partial charge in [0.2, 0.25) is 6.10 Å². The lowest BCUT2D eigenvalue weighted by molar-refractivity contribution is -0.123. The first-order valence-corrected chi connectivity index (χ1v) is 9.21. The van der Waals surface area contributed by atoms with Crippen LogP contribution in [-0.2, 0) is 4.79 Å². The molecule has 0 aliphatic carbocycles. The predicted octanol–water partition coefficient (Wildman–Crippen LogP) is 4.86. The Morgan fingerprint density at radius 1 is 0.931 bits per heavy atom. The molecule has 4 aromatic rings. The molecule has 5 nitrogen and oxygen atoms in total. The Hall–Kier alpha value is -3.86. The van der Waals surface area contributed by atoms with Gasteiger partial charge in [-0.3, -0.25) is 4.79 Å². The molecule has 0 spiro atoms. The van der Waals surface area contributed by atoms with Crippen molar-refractivity contribution in [2.75, 3.05) is 5.32 Å². The summed E-state index contributed by atoms with van der Waals surface area (Å²) in [4.78, 5) is 24.5. The highest BCUT2D eigenvalue weighted by atomic mass is 16.5. The largest absolute Gasteiger partial charge is 0.476 e. The summed E-state index contributed by atoms with van der Waals surface area (Å²) < 4.78 is 11.3. The van der Waals surface area contributed by atoms with Gasteiger partial charge in [-0.15, -0.1) is 0 Å². The number of ether oxygens (including phenoxy) is 1. The summed E-state index contributed by atoms with van der Waals surface area (Å²) in [7, 11) is 0. The third-order valence-corrected chi connectivity index (χ3v) is 4.51. The van der Waals surface area contributed by atoms with Crippen LogP contribution in [0.3, 0.4) is 0 Å². The minimum absolute atomic E-state index is 0.297. The summed E-state index contributed by atoms with van der Waals surface area (Å²) in [6.07, 6.45) is -0.870. The molecule has 1 heterocycles. The maximum atomic E-state index is 13.0. The highest BCUT2D eigenvalue weighted by molar-refractivity contribution is 5.95. The van der Waals surface area contributed by atoms with Crippen LogP contribution in [0.5, 0.6) is 5.75 Å². The molecule has 3 aromatic carbocycles.